The molecule has 2 unspecified atom stereocenters. The molecule has 0 aromatic rings. The molecule has 0 bridgehead atoms. The molecule has 96 heavy (non-hydrogen) atoms. The highest BCUT2D eigenvalue weighted by Gasteiger charge is 2.30. The van der Waals surface area contributed by atoms with Crippen molar-refractivity contribution in [2.75, 3.05) is 39.6 Å². The van der Waals surface area contributed by atoms with Crippen LogP contribution in [0.2, 0.25) is 0 Å². The Balaban J connectivity index is 5.25. The predicted octanol–water partition coefficient (Wildman–Crippen LogP) is 22.7. The summed E-state index contributed by atoms with van der Waals surface area (Å²) in [6, 6.07) is 0. The van der Waals surface area contributed by atoms with Gasteiger partial charge in [0.05, 0.1) is 26.4 Å². The molecular formula is C77H150O17P2. The van der Waals surface area contributed by atoms with Crippen LogP contribution in [0.25, 0.3) is 0 Å². The van der Waals surface area contributed by atoms with E-state index in [0.717, 1.165) is 102 Å². The molecule has 0 saturated heterocycles. The maximum Gasteiger partial charge on any atom is 0.472 e. The van der Waals surface area contributed by atoms with Crippen molar-refractivity contribution >= 4 is 39.5 Å². The molecule has 0 aliphatic rings. The van der Waals surface area contributed by atoms with E-state index in [1.165, 1.54) is 218 Å². The number of rotatable bonds is 76. The van der Waals surface area contributed by atoms with Gasteiger partial charge in [-0.25, -0.2) is 9.13 Å². The number of carbonyl (C=O) groups excluding carboxylic acids is 4. The molecule has 0 spiro atoms. The van der Waals surface area contributed by atoms with Crippen LogP contribution in [-0.2, 0) is 65.4 Å². The quantitative estimate of drug-likeness (QED) is 0.0222. The van der Waals surface area contributed by atoms with Gasteiger partial charge in [0.1, 0.15) is 19.3 Å². The third-order valence-corrected chi connectivity index (χ3v) is 19.9. The van der Waals surface area contributed by atoms with E-state index >= 15 is 0 Å². The summed E-state index contributed by atoms with van der Waals surface area (Å²) in [5, 5.41) is 10.6. The predicted molar refractivity (Wildman–Crippen MR) is 391 cm³/mol. The minimum Gasteiger partial charge on any atom is -0.462 e. The number of phosphoric ester groups is 2. The van der Waals surface area contributed by atoms with E-state index in [4.69, 9.17) is 37.0 Å². The van der Waals surface area contributed by atoms with Gasteiger partial charge in [0, 0.05) is 25.7 Å². The van der Waals surface area contributed by atoms with E-state index in [1.807, 2.05) is 0 Å². The van der Waals surface area contributed by atoms with Gasteiger partial charge >= 0.3 is 39.5 Å². The second kappa shape index (κ2) is 68.8. The summed E-state index contributed by atoms with van der Waals surface area (Å²) in [7, 11) is -9.91. The molecule has 0 rings (SSSR count). The summed E-state index contributed by atoms with van der Waals surface area (Å²) in [5.74, 6) is -0.578. The minimum absolute atomic E-state index is 0.106. The summed E-state index contributed by atoms with van der Waals surface area (Å²) < 4.78 is 68.6. The van der Waals surface area contributed by atoms with Gasteiger partial charge in [-0.3, -0.25) is 37.3 Å². The highest BCUT2D eigenvalue weighted by atomic mass is 31.2. The molecule has 0 amide bonds. The van der Waals surface area contributed by atoms with Crippen molar-refractivity contribution in [3.63, 3.8) is 0 Å². The smallest absolute Gasteiger partial charge is 0.462 e. The standard InChI is InChI=1S/C77H150O17P2/c1-7-9-11-13-15-17-19-20-21-22-23-24-30-37-43-49-55-61-76(81)93-72(66-88-75(80)60-54-48-42-36-29-26-25-28-33-39-45-51-57-69(3)4)67-91-95(83,84)89-63-71(78)64-90-96(85,86)92-68-73(65-87-74(79)59-53-47-41-35-27-18-16-14-12-10-8-2)94-77(82)62-56-50-44-38-32-31-34-40-46-52-58-70(5)6/h69-73,78H,7-68H2,1-6H3,(H,83,84)(H,85,86)/t71-,72-,73-/m1/s1. The maximum atomic E-state index is 13.1. The molecule has 0 aromatic carbocycles. The normalized spacial score (nSPS) is 14.0. The van der Waals surface area contributed by atoms with Crippen molar-refractivity contribution < 1.29 is 80.2 Å². The molecule has 17 nitrogen and oxygen atoms in total. The molecule has 0 saturated carbocycles. The van der Waals surface area contributed by atoms with E-state index in [0.29, 0.717) is 25.7 Å². The van der Waals surface area contributed by atoms with Gasteiger partial charge in [0.25, 0.3) is 0 Å². The number of aliphatic hydroxyl groups is 1. The maximum absolute atomic E-state index is 13.1. The molecule has 0 aliphatic carbocycles. The molecule has 19 heteroatoms. The van der Waals surface area contributed by atoms with Crippen LogP contribution in [0.15, 0.2) is 0 Å². The van der Waals surface area contributed by atoms with E-state index in [1.54, 1.807) is 0 Å². The molecule has 0 aromatic heterocycles. The van der Waals surface area contributed by atoms with Gasteiger partial charge < -0.3 is 33.8 Å². The SMILES string of the molecule is CCCCCCCCCCCCCCCCCCCC(=O)O[C@H](COC(=O)CCCCCCCCCCCCCCC(C)C)COP(=O)(O)OC[C@@H](O)COP(=O)(O)OC[C@@H](COC(=O)CCCCCCCCCCCCC)OC(=O)CCCCCCCCCCCCC(C)C. The summed E-state index contributed by atoms with van der Waals surface area (Å²) in [6.07, 6.45) is 56.7. The third kappa shape index (κ3) is 70.5. The largest absolute Gasteiger partial charge is 0.472 e. The van der Waals surface area contributed by atoms with Gasteiger partial charge in [0.15, 0.2) is 12.2 Å². The van der Waals surface area contributed by atoms with Gasteiger partial charge in [0.2, 0.25) is 0 Å². The number of hydrogen-bond donors (Lipinski definition) is 3. The van der Waals surface area contributed by atoms with Crippen LogP contribution in [0.4, 0.5) is 0 Å². The highest BCUT2D eigenvalue weighted by molar-refractivity contribution is 7.47. The van der Waals surface area contributed by atoms with Crippen molar-refractivity contribution in [3.05, 3.63) is 0 Å². The Bertz CT molecular complexity index is 1860. The molecule has 570 valence electrons. The number of aliphatic hydroxyl groups excluding tert-OH is 1. The fourth-order valence-electron chi connectivity index (χ4n) is 11.8. The number of phosphoric acid groups is 2. The van der Waals surface area contributed by atoms with E-state index in [9.17, 15) is 43.2 Å². The van der Waals surface area contributed by atoms with E-state index in [2.05, 4.69) is 41.5 Å². The molecular weight excluding hydrogens is 1260 g/mol. The first-order chi connectivity index (χ1) is 46.4. The first-order valence-electron chi connectivity index (χ1n) is 40.0. The number of esters is 4. The second-order valence-electron chi connectivity index (χ2n) is 28.7. The van der Waals surface area contributed by atoms with Crippen LogP contribution in [0, 0.1) is 11.8 Å². The van der Waals surface area contributed by atoms with Crippen LogP contribution in [-0.4, -0.2) is 96.7 Å². The Hall–Kier alpha value is -1.94. The Kier molecular flexibility index (Phi) is 67.4. The van der Waals surface area contributed by atoms with Crippen LogP contribution in [0.5, 0.6) is 0 Å². The fourth-order valence-corrected chi connectivity index (χ4v) is 13.4. The van der Waals surface area contributed by atoms with Crippen molar-refractivity contribution in [3.8, 4) is 0 Å². The number of ether oxygens (including phenoxy) is 4. The van der Waals surface area contributed by atoms with E-state index < -0.39 is 97.5 Å². The summed E-state index contributed by atoms with van der Waals surface area (Å²) in [6.45, 7) is 9.61. The summed E-state index contributed by atoms with van der Waals surface area (Å²) in [4.78, 5) is 72.9. The van der Waals surface area contributed by atoms with Crippen molar-refractivity contribution in [1.29, 1.82) is 0 Å². The lowest BCUT2D eigenvalue weighted by atomic mass is 10.0. The zero-order valence-electron chi connectivity index (χ0n) is 62.7. The Morgan fingerprint density at radius 3 is 0.708 bits per heavy atom. The number of hydrogen-bond acceptors (Lipinski definition) is 15. The van der Waals surface area contributed by atoms with Crippen LogP contribution in [0.3, 0.4) is 0 Å². The average molecular weight is 1410 g/mol. The first kappa shape index (κ1) is 94.1. The zero-order chi connectivity index (χ0) is 70.7. The Labute approximate surface area is 588 Å². The topological polar surface area (TPSA) is 237 Å². The lowest BCUT2D eigenvalue weighted by molar-refractivity contribution is -0.161. The van der Waals surface area contributed by atoms with Gasteiger partial charge in [-0.15, -0.1) is 0 Å². The summed E-state index contributed by atoms with van der Waals surface area (Å²) in [5.41, 5.74) is 0. The van der Waals surface area contributed by atoms with Crippen LogP contribution in [0.1, 0.15) is 401 Å². The monoisotopic (exact) mass is 1410 g/mol. The molecule has 3 N–H and O–H groups in total. The van der Waals surface area contributed by atoms with Gasteiger partial charge in [-0.1, -0.05) is 350 Å². The number of carbonyl (C=O) groups is 4. The Morgan fingerprint density at radius 1 is 0.281 bits per heavy atom. The molecule has 0 heterocycles. The molecule has 0 fully saturated rings. The van der Waals surface area contributed by atoms with Crippen LogP contribution < -0.4 is 0 Å². The number of unbranched alkanes of at least 4 members (excludes halogenated alkanes) is 46. The zero-order valence-corrected chi connectivity index (χ0v) is 64.5. The van der Waals surface area contributed by atoms with Crippen molar-refractivity contribution in [2.24, 2.45) is 11.8 Å². The molecule has 5 atom stereocenters. The Morgan fingerprint density at radius 2 is 0.479 bits per heavy atom. The third-order valence-electron chi connectivity index (χ3n) is 18.0. The van der Waals surface area contributed by atoms with Gasteiger partial charge in [-0.2, -0.15) is 0 Å². The van der Waals surface area contributed by atoms with Crippen molar-refractivity contribution in [1.82, 2.24) is 0 Å². The lowest BCUT2D eigenvalue weighted by Gasteiger charge is -2.21. The minimum atomic E-state index is -4.96. The van der Waals surface area contributed by atoms with Gasteiger partial charge in [-0.05, 0) is 37.5 Å². The first-order valence-corrected chi connectivity index (χ1v) is 43.0. The van der Waals surface area contributed by atoms with Crippen molar-refractivity contribution in [2.45, 2.75) is 419 Å². The average Bonchev–Trinajstić information content (AvgIpc) is 1.27. The van der Waals surface area contributed by atoms with Crippen LogP contribution >= 0.6 is 15.6 Å². The molecule has 0 aliphatic heterocycles. The molecule has 0 radical (unpaired) electrons. The van der Waals surface area contributed by atoms with E-state index in [-0.39, 0.29) is 25.7 Å². The fraction of sp³-hybridized carbons (Fsp3) is 0.948. The highest BCUT2D eigenvalue weighted by Crippen LogP contribution is 2.45. The second-order valence-corrected chi connectivity index (χ2v) is 31.6. The summed E-state index contributed by atoms with van der Waals surface area (Å²) >= 11 is 0. The lowest BCUT2D eigenvalue weighted by Crippen LogP contribution is -2.30.